The van der Waals surface area contributed by atoms with E-state index in [1.165, 1.54) is 0 Å². The van der Waals surface area contributed by atoms with E-state index >= 15 is 0 Å². The number of nitrogens with one attached hydrogen (secondary N) is 2. The third-order valence-electron chi connectivity index (χ3n) is 3.39. The number of imidazole rings is 1. The average molecular weight is 278 g/mol. The third-order valence-corrected chi connectivity index (χ3v) is 3.39. The maximum Gasteiger partial charge on any atom is 0.225 e. The number of carbonyl (C=O) groups is 2. The van der Waals surface area contributed by atoms with Crippen molar-refractivity contribution >= 4 is 11.8 Å². The van der Waals surface area contributed by atoms with Crippen LogP contribution in [0.1, 0.15) is 26.1 Å². The number of nitrogens with zero attached hydrogens (tertiary/aromatic N) is 2. The first-order valence-corrected chi connectivity index (χ1v) is 7.10. The van der Waals surface area contributed by atoms with Gasteiger partial charge in [0.2, 0.25) is 11.8 Å². The molecule has 1 aliphatic rings. The van der Waals surface area contributed by atoms with Crippen LogP contribution in [0, 0.1) is 11.8 Å². The van der Waals surface area contributed by atoms with Gasteiger partial charge in [-0.1, -0.05) is 13.8 Å². The summed E-state index contributed by atoms with van der Waals surface area (Å²) in [6.45, 7) is 5.97. The van der Waals surface area contributed by atoms with E-state index in [2.05, 4.69) is 29.1 Å². The highest BCUT2D eigenvalue weighted by atomic mass is 16.2. The molecular weight excluding hydrogens is 256 g/mol. The summed E-state index contributed by atoms with van der Waals surface area (Å²) in [5, 5.41) is 2.88. The minimum absolute atomic E-state index is 0.0313. The van der Waals surface area contributed by atoms with Gasteiger partial charge in [0, 0.05) is 44.9 Å². The molecule has 1 aromatic heterocycles. The maximum absolute atomic E-state index is 12.0. The Morgan fingerprint density at radius 2 is 2.40 bits per heavy atom. The van der Waals surface area contributed by atoms with Gasteiger partial charge in [0.15, 0.2) is 0 Å². The van der Waals surface area contributed by atoms with E-state index in [4.69, 9.17) is 0 Å². The molecule has 0 aromatic carbocycles. The van der Waals surface area contributed by atoms with E-state index < -0.39 is 0 Å². The Morgan fingerprint density at radius 1 is 1.60 bits per heavy atom. The fourth-order valence-electron chi connectivity index (χ4n) is 2.45. The van der Waals surface area contributed by atoms with Gasteiger partial charge in [0.25, 0.3) is 0 Å². The normalized spacial score (nSPS) is 18.9. The predicted octanol–water partition coefficient (Wildman–Crippen LogP) is 0.573. The van der Waals surface area contributed by atoms with Crippen molar-refractivity contribution in [1.82, 2.24) is 20.2 Å². The highest BCUT2D eigenvalue weighted by molar-refractivity contribution is 5.89. The summed E-state index contributed by atoms with van der Waals surface area (Å²) in [5.41, 5.74) is 0. The summed E-state index contributed by atoms with van der Waals surface area (Å²) in [7, 11) is 0. The molecule has 6 nitrogen and oxygen atoms in total. The predicted molar refractivity (Wildman–Crippen MR) is 74.8 cm³/mol. The van der Waals surface area contributed by atoms with Crippen LogP contribution in [0.4, 0.5) is 0 Å². The molecule has 1 aromatic rings. The molecule has 1 saturated heterocycles. The molecule has 1 fully saturated rings. The molecule has 0 radical (unpaired) electrons. The first kappa shape index (κ1) is 14.6. The van der Waals surface area contributed by atoms with E-state index in [-0.39, 0.29) is 17.7 Å². The molecule has 2 rings (SSSR count). The number of aromatic amines is 1. The van der Waals surface area contributed by atoms with Crippen LogP contribution in [-0.2, 0) is 16.0 Å². The number of H-pyrrole nitrogens is 1. The summed E-state index contributed by atoms with van der Waals surface area (Å²) in [6.07, 6.45) is 4.46. The van der Waals surface area contributed by atoms with E-state index in [9.17, 15) is 9.59 Å². The lowest BCUT2D eigenvalue weighted by molar-refractivity contribution is -0.129. The van der Waals surface area contributed by atoms with Gasteiger partial charge in [-0.3, -0.25) is 9.59 Å². The molecule has 20 heavy (non-hydrogen) atoms. The zero-order valence-electron chi connectivity index (χ0n) is 12.1. The van der Waals surface area contributed by atoms with Gasteiger partial charge in [-0.2, -0.15) is 0 Å². The van der Waals surface area contributed by atoms with Gasteiger partial charge >= 0.3 is 0 Å². The van der Waals surface area contributed by atoms with Gasteiger partial charge in [0.1, 0.15) is 5.82 Å². The summed E-state index contributed by atoms with van der Waals surface area (Å²) in [5.74, 6) is 1.13. The molecule has 0 aliphatic carbocycles. The van der Waals surface area contributed by atoms with Gasteiger partial charge in [-0.15, -0.1) is 0 Å². The van der Waals surface area contributed by atoms with E-state index in [0.717, 1.165) is 12.4 Å². The summed E-state index contributed by atoms with van der Waals surface area (Å²) in [6, 6.07) is 0. The van der Waals surface area contributed by atoms with Crippen LogP contribution in [-0.4, -0.2) is 46.3 Å². The number of hydrogen-bond donors (Lipinski definition) is 2. The minimum atomic E-state index is -0.210. The van der Waals surface area contributed by atoms with Crippen molar-refractivity contribution in [2.45, 2.75) is 26.7 Å². The van der Waals surface area contributed by atoms with Crippen LogP contribution in [0.25, 0.3) is 0 Å². The van der Waals surface area contributed by atoms with Crippen molar-refractivity contribution < 1.29 is 9.59 Å². The number of carbonyl (C=O) groups excluding carboxylic acids is 2. The molecule has 0 bridgehead atoms. The Labute approximate surface area is 119 Å². The second kappa shape index (κ2) is 6.54. The SMILES string of the molecule is CC(C)CN1CC(C(=O)NCCc2ncc[nH]2)CC1=O. The Hall–Kier alpha value is -1.85. The van der Waals surface area contributed by atoms with Gasteiger partial charge in [-0.25, -0.2) is 4.98 Å². The smallest absolute Gasteiger partial charge is 0.225 e. The molecule has 2 amide bonds. The molecule has 6 heteroatoms. The topological polar surface area (TPSA) is 78.1 Å². The third kappa shape index (κ3) is 3.82. The Balaban J connectivity index is 1.74. The monoisotopic (exact) mass is 278 g/mol. The molecule has 1 aliphatic heterocycles. The molecule has 1 atom stereocenters. The summed E-state index contributed by atoms with van der Waals surface area (Å²) in [4.78, 5) is 32.7. The second-order valence-corrected chi connectivity index (χ2v) is 5.67. The lowest BCUT2D eigenvalue weighted by Crippen LogP contribution is -2.35. The number of likely N-dealkylation sites (tertiary alicyclic amines) is 1. The van der Waals surface area contributed by atoms with Crippen molar-refractivity contribution in [2.75, 3.05) is 19.6 Å². The molecule has 0 spiro atoms. The number of aromatic nitrogens is 2. The van der Waals surface area contributed by atoms with Crippen LogP contribution in [0.5, 0.6) is 0 Å². The number of amides is 2. The lowest BCUT2D eigenvalue weighted by Gasteiger charge is -2.18. The Morgan fingerprint density at radius 3 is 3.05 bits per heavy atom. The Kier molecular flexibility index (Phi) is 4.76. The quantitative estimate of drug-likeness (QED) is 0.798. The van der Waals surface area contributed by atoms with E-state index in [0.29, 0.717) is 31.8 Å². The maximum atomic E-state index is 12.0. The van der Waals surface area contributed by atoms with Gasteiger partial charge in [-0.05, 0) is 5.92 Å². The lowest BCUT2D eigenvalue weighted by atomic mass is 10.1. The molecule has 110 valence electrons. The van der Waals surface area contributed by atoms with Gasteiger partial charge < -0.3 is 15.2 Å². The highest BCUT2D eigenvalue weighted by Gasteiger charge is 2.34. The van der Waals surface area contributed by atoms with Crippen LogP contribution >= 0.6 is 0 Å². The number of rotatable bonds is 6. The second-order valence-electron chi connectivity index (χ2n) is 5.67. The molecule has 0 saturated carbocycles. The number of hydrogen-bond acceptors (Lipinski definition) is 3. The minimum Gasteiger partial charge on any atom is -0.355 e. The van der Waals surface area contributed by atoms with Crippen molar-refractivity contribution in [1.29, 1.82) is 0 Å². The van der Waals surface area contributed by atoms with Crippen molar-refractivity contribution in [3.05, 3.63) is 18.2 Å². The van der Waals surface area contributed by atoms with Gasteiger partial charge in [0.05, 0.1) is 5.92 Å². The van der Waals surface area contributed by atoms with E-state index in [1.807, 2.05) is 0 Å². The first-order chi connectivity index (χ1) is 9.56. The van der Waals surface area contributed by atoms with Crippen LogP contribution in [0.15, 0.2) is 12.4 Å². The fraction of sp³-hybridized carbons (Fsp3) is 0.643. The van der Waals surface area contributed by atoms with Crippen LogP contribution in [0.3, 0.4) is 0 Å². The average Bonchev–Trinajstić information content (AvgIpc) is 3.00. The highest BCUT2D eigenvalue weighted by Crippen LogP contribution is 2.19. The van der Waals surface area contributed by atoms with Crippen molar-refractivity contribution in [3.63, 3.8) is 0 Å². The largest absolute Gasteiger partial charge is 0.355 e. The molecule has 1 unspecified atom stereocenters. The molecule has 2 N–H and O–H groups in total. The standard InChI is InChI=1S/C14H22N4O2/c1-10(2)8-18-9-11(7-13(18)19)14(20)17-4-3-12-15-5-6-16-12/h5-6,10-11H,3-4,7-9H2,1-2H3,(H,15,16)(H,17,20). The van der Waals surface area contributed by atoms with Crippen LogP contribution in [0.2, 0.25) is 0 Å². The summed E-state index contributed by atoms with van der Waals surface area (Å²) >= 11 is 0. The molecular formula is C14H22N4O2. The summed E-state index contributed by atoms with van der Waals surface area (Å²) < 4.78 is 0. The van der Waals surface area contributed by atoms with Crippen molar-refractivity contribution in [2.24, 2.45) is 11.8 Å². The fourth-order valence-corrected chi connectivity index (χ4v) is 2.45. The van der Waals surface area contributed by atoms with E-state index in [1.54, 1.807) is 17.3 Å². The van der Waals surface area contributed by atoms with Crippen LogP contribution < -0.4 is 5.32 Å². The Bertz CT molecular complexity index is 456. The first-order valence-electron chi connectivity index (χ1n) is 7.10. The molecule has 2 heterocycles. The van der Waals surface area contributed by atoms with Crippen molar-refractivity contribution in [3.8, 4) is 0 Å². The zero-order valence-corrected chi connectivity index (χ0v) is 12.1. The zero-order chi connectivity index (χ0) is 14.5.